The molecule has 4 atom stereocenters. The molecule has 1 aliphatic heterocycles. The Balaban J connectivity index is 1.75. The fraction of sp³-hybridized carbons (Fsp3) is 0.556. The quantitative estimate of drug-likeness (QED) is 0.861. The van der Waals surface area contributed by atoms with Crippen LogP contribution in [-0.4, -0.2) is 32.2 Å². The molecule has 0 spiro atoms. The fourth-order valence-corrected chi connectivity index (χ4v) is 4.81. The predicted molar refractivity (Wildman–Crippen MR) is 96.9 cm³/mol. The molecule has 136 valence electrons. The zero-order valence-corrected chi connectivity index (χ0v) is 15.6. The number of aliphatic imine (C=N–C) groups is 1. The van der Waals surface area contributed by atoms with Gasteiger partial charge in [0.25, 0.3) is 10.0 Å². The van der Waals surface area contributed by atoms with Gasteiger partial charge in [-0.2, -0.15) is 0 Å². The first-order valence-corrected chi connectivity index (χ1v) is 10.3. The Labute approximate surface area is 149 Å². The van der Waals surface area contributed by atoms with E-state index in [1.165, 1.54) is 12.5 Å². The van der Waals surface area contributed by atoms with Crippen molar-refractivity contribution in [3.8, 4) is 0 Å². The molecule has 1 heterocycles. The van der Waals surface area contributed by atoms with E-state index in [-0.39, 0.29) is 22.7 Å². The SMILES string of the molecule is CC(N=C1NS(=O)(=O)c2ccccc21)C(=O)NC1CCCC(C)C1C. The number of fused-ring (bicyclic) bond motifs is 1. The molecule has 1 saturated carbocycles. The smallest absolute Gasteiger partial charge is 0.263 e. The number of amidine groups is 1. The average Bonchev–Trinajstić information content (AvgIpc) is 2.83. The number of hydrogen-bond donors (Lipinski definition) is 2. The van der Waals surface area contributed by atoms with Crippen molar-refractivity contribution in [2.45, 2.75) is 57.0 Å². The molecule has 3 rings (SSSR count). The van der Waals surface area contributed by atoms with Crippen molar-refractivity contribution in [1.29, 1.82) is 0 Å². The highest BCUT2D eigenvalue weighted by molar-refractivity contribution is 7.90. The van der Waals surface area contributed by atoms with Crippen LogP contribution < -0.4 is 10.0 Å². The van der Waals surface area contributed by atoms with E-state index in [0.717, 1.165) is 12.8 Å². The number of benzene rings is 1. The van der Waals surface area contributed by atoms with Crippen molar-refractivity contribution in [2.75, 3.05) is 0 Å². The van der Waals surface area contributed by atoms with Crippen LogP contribution in [0.3, 0.4) is 0 Å². The highest BCUT2D eigenvalue weighted by Gasteiger charge is 2.32. The van der Waals surface area contributed by atoms with Crippen molar-refractivity contribution in [2.24, 2.45) is 16.8 Å². The molecule has 0 radical (unpaired) electrons. The fourth-order valence-electron chi connectivity index (χ4n) is 3.57. The number of hydrogen-bond acceptors (Lipinski definition) is 4. The van der Waals surface area contributed by atoms with Gasteiger partial charge in [-0.15, -0.1) is 0 Å². The summed E-state index contributed by atoms with van der Waals surface area (Å²) in [5.41, 5.74) is 0.516. The summed E-state index contributed by atoms with van der Waals surface area (Å²) in [6.45, 7) is 6.08. The lowest BCUT2D eigenvalue weighted by Gasteiger charge is -2.34. The Bertz CT molecular complexity index is 804. The summed E-state index contributed by atoms with van der Waals surface area (Å²) in [5, 5.41) is 3.09. The van der Waals surface area contributed by atoms with Crippen LogP contribution in [0.15, 0.2) is 34.2 Å². The Kier molecular flexibility index (Phi) is 4.86. The summed E-state index contributed by atoms with van der Waals surface area (Å²) in [6, 6.07) is 6.16. The monoisotopic (exact) mass is 363 g/mol. The van der Waals surface area contributed by atoms with Crippen LogP contribution in [0.5, 0.6) is 0 Å². The lowest BCUT2D eigenvalue weighted by atomic mass is 9.78. The first-order valence-electron chi connectivity index (χ1n) is 8.80. The van der Waals surface area contributed by atoms with Gasteiger partial charge in [0.15, 0.2) is 0 Å². The first-order chi connectivity index (χ1) is 11.8. The Morgan fingerprint density at radius 1 is 1.28 bits per heavy atom. The summed E-state index contributed by atoms with van der Waals surface area (Å²) >= 11 is 0. The number of nitrogens with zero attached hydrogens (tertiary/aromatic N) is 1. The Hall–Kier alpha value is -1.89. The van der Waals surface area contributed by atoms with Gasteiger partial charge in [0.1, 0.15) is 11.9 Å². The molecule has 1 aromatic carbocycles. The molecule has 2 aliphatic rings. The summed E-state index contributed by atoms with van der Waals surface area (Å²) < 4.78 is 26.7. The third-order valence-electron chi connectivity index (χ3n) is 5.40. The van der Waals surface area contributed by atoms with E-state index in [9.17, 15) is 13.2 Å². The van der Waals surface area contributed by atoms with Crippen molar-refractivity contribution < 1.29 is 13.2 Å². The largest absolute Gasteiger partial charge is 0.351 e. The maximum Gasteiger partial charge on any atom is 0.263 e. The third-order valence-corrected chi connectivity index (χ3v) is 6.80. The van der Waals surface area contributed by atoms with Crippen LogP contribution in [0.2, 0.25) is 0 Å². The van der Waals surface area contributed by atoms with E-state index >= 15 is 0 Å². The Morgan fingerprint density at radius 3 is 2.76 bits per heavy atom. The Morgan fingerprint density at radius 2 is 2.00 bits per heavy atom. The van der Waals surface area contributed by atoms with Gasteiger partial charge < -0.3 is 5.32 Å². The molecule has 1 amide bonds. The number of nitrogens with one attached hydrogen (secondary N) is 2. The lowest BCUT2D eigenvalue weighted by molar-refractivity contribution is -0.123. The molecular formula is C18H25N3O3S. The highest BCUT2D eigenvalue weighted by atomic mass is 32.2. The van der Waals surface area contributed by atoms with E-state index in [0.29, 0.717) is 17.4 Å². The van der Waals surface area contributed by atoms with Crippen LogP contribution in [0.4, 0.5) is 0 Å². The summed E-state index contributed by atoms with van der Waals surface area (Å²) in [5.74, 6) is 1.10. The van der Waals surface area contributed by atoms with Gasteiger partial charge in [-0.3, -0.25) is 14.5 Å². The zero-order valence-electron chi connectivity index (χ0n) is 14.8. The van der Waals surface area contributed by atoms with Crippen LogP contribution in [0.25, 0.3) is 0 Å². The lowest BCUT2D eigenvalue weighted by Crippen LogP contribution is -2.46. The van der Waals surface area contributed by atoms with Gasteiger partial charge >= 0.3 is 0 Å². The average molecular weight is 363 g/mol. The maximum atomic E-state index is 12.5. The van der Waals surface area contributed by atoms with Gasteiger partial charge in [-0.1, -0.05) is 38.8 Å². The molecule has 0 bridgehead atoms. The first kappa shape index (κ1) is 17.9. The minimum atomic E-state index is -3.58. The molecule has 1 fully saturated rings. The summed E-state index contributed by atoms with van der Waals surface area (Å²) in [4.78, 5) is 17.1. The maximum absolute atomic E-state index is 12.5. The van der Waals surface area contributed by atoms with Gasteiger partial charge in [0, 0.05) is 11.6 Å². The molecule has 4 unspecified atom stereocenters. The van der Waals surface area contributed by atoms with Gasteiger partial charge in [-0.25, -0.2) is 8.42 Å². The van der Waals surface area contributed by atoms with E-state index in [1.54, 1.807) is 25.1 Å². The van der Waals surface area contributed by atoms with E-state index in [1.807, 2.05) is 0 Å². The van der Waals surface area contributed by atoms with E-state index < -0.39 is 16.1 Å². The minimum absolute atomic E-state index is 0.159. The highest BCUT2D eigenvalue weighted by Crippen LogP contribution is 2.29. The number of carbonyl (C=O) groups excluding carboxylic acids is 1. The van der Waals surface area contributed by atoms with Crippen LogP contribution >= 0.6 is 0 Å². The van der Waals surface area contributed by atoms with Gasteiger partial charge in [0.2, 0.25) is 5.91 Å². The normalized spacial score (nSPS) is 30.4. The van der Waals surface area contributed by atoms with E-state index in [2.05, 4.69) is 28.9 Å². The molecule has 25 heavy (non-hydrogen) atoms. The number of sulfonamides is 1. The topological polar surface area (TPSA) is 87.6 Å². The molecule has 0 saturated heterocycles. The van der Waals surface area contributed by atoms with E-state index in [4.69, 9.17) is 0 Å². The molecule has 6 nitrogen and oxygen atoms in total. The number of rotatable bonds is 3. The summed E-state index contributed by atoms with van der Waals surface area (Å²) in [7, 11) is -3.58. The number of amides is 1. The van der Waals surface area contributed by atoms with Crippen LogP contribution in [-0.2, 0) is 14.8 Å². The molecule has 1 aromatic rings. The van der Waals surface area contributed by atoms with Crippen molar-refractivity contribution in [1.82, 2.24) is 10.0 Å². The second kappa shape index (κ2) is 6.78. The second-order valence-corrected chi connectivity index (χ2v) is 8.79. The molecule has 0 aromatic heterocycles. The van der Waals surface area contributed by atoms with Crippen LogP contribution in [0.1, 0.15) is 45.6 Å². The van der Waals surface area contributed by atoms with Gasteiger partial charge in [0.05, 0.1) is 4.90 Å². The zero-order chi connectivity index (χ0) is 18.2. The van der Waals surface area contributed by atoms with Crippen LogP contribution in [0, 0.1) is 11.8 Å². The number of carbonyl (C=O) groups is 1. The minimum Gasteiger partial charge on any atom is -0.351 e. The standard InChI is InChI=1S/C18H25N3O3S/c1-11-7-6-9-15(12(11)2)20-18(22)13(3)19-17-14-8-4-5-10-16(14)25(23,24)21-17/h4-5,8,10-13,15H,6-7,9H2,1-3H3,(H,19,21)(H,20,22). The molecule has 7 heteroatoms. The van der Waals surface area contributed by atoms with Crippen molar-refractivity contribution in [3.05, 3.63) is 29.8 Å². The molecular weight excluding hydrogens is 338 g/mol. The third kappa shape index (κ3) is 3.56. The second-order valence-electron chi connectivity index (χ2n) is 7.14. The van der Waals surface area contributed by atoms with Crippen molar-refractivity contribution >= 4 is 21.8 Å². The summed E-state index contributed by atoms with van der Waals surface area (Å²) in [6.07, 6.45) is 3.30. The van der Waals surface area contributed by atoms with Gasteiger partial charge in [-0.05, 0) is 37.3 Å². The predicted octanol–water partition coefficient (Wildman–Crippen LogP) is 2.05. The molecule has 1 aliphatic carbocycles. The molecule has 2 N–H and O–H groups in total. The van der Waals surface area contributed by atoms with Crippen molar-refractivity contribution in [3.63, 3.8) is 0 Å².